The first-order valence-electron chi connectivity index (χ1n) is 9.77. The number of benzene rings is 1. The maximum Gasteiger partial charge on any atom is 0.154 e. The van der Waals surface area contributed by atoms with Gasteiger partial charge in [-0.3, -0.25) is 0 Å². The Hall–Kier alpha value is -2.40. The predicted molar refractivity (Wildman–Crippen MR) is 106 cm³/mol. The molecule has 1 atom stereocenters. The normalized spacial score (nSPS) is 17.0. The van der Waals surface area contributed by atoms with Gasteiger partial charge in [0.25, 0.3) is 0 Å². The van der Waals surface area contributed by atoms with Gasteiger partial charge in [0.05, 0.1) is 11.9 Å². The predicted octanol–water partition coefficient (Wildman–Crippen LogP) is 4.42. The fourth-order valence-corrected chi connectivity index (χ4v) is 3.61. The number of hydrogen-bond acceptors (Lipinski definition) is 4. The summed E-state index contributed by atoms with van der Waals surface area (Å²) < 4.78 is 1.94. The second kappa shape index (κ2) is 7.87. The smallest absolute Gasteiger partial charge is 0.154 e. The molecular weight excluding hydrogens is 322 g/mol. The van der Waals surface area contributed by atoms with Crippen LogP contribution < -0.4 is 10.6 Å². The van der Waals surface area contributed by atoms with Gasteiger partial charge >= 0.3 is 0 Å². The highest BCUT2D eigenvalue weighted by Crippen LogP contribution is 2.26. The van der Waals surface area contributed by atoms with E-state index < -0.39 is 0 Å². The van der Waals surface area contributed by atoms with E-state index in [1.807, 2.05) is 22.8 Å². The zero-order valence-corrected chi connectivity index (χ0v) is 15.4. The van der Waals surface area contributed by atoms with E-state index in [4.69, 9.17) is 5.10 Å². The molecule has 0 amide bonds. The van der Waals surface area contributed by atoms with E-state index in [0.717, 1.165) is 35.8 Å². The van der Waals surface area contributed by atoms with Crippen LogP contribution in [0.1, 0.15) is 50.6 Å². The fraction of sp³-hybridized carbons (Fsp3) is 0.429. The van der Waals surface area contributed by atoms with E-state index in [1.165, 1.54) is 37.7 Å². The molecule has 136 valence electrons. The van der Waals surface area contributed by atoms with Crippen LogP contribution in [-0.2, 0) is 0 Å². The van der Waals surface area contributed by atoms with Crippen LogP contribution in [0.5, 0.6) is 0 Å². The lowest BCUT2D eigenvalue weighted by Gasteiger charge is -2.11. The van der Waals surface area contributed by atoms with Gasteiger partial charge in [0.1, 0.15) is 5.82 Å². The quantitative estimate of drug-likeness (QED) is 0.620. The Balaban J connectivity index is 1.55. The average molecular weight is 349 g/mol. The van der Waals surface area contributed by atoms with Crippen molar-refractivity contribution < 1.29 is 0 Å². The summed E-state index contributed by atoms with van der Waals surface area (Å²) in [5.74, 6) is 0.902. The van der Waals surface area contributed by atoms with Crippen molar-refractivity contribution in [3.8, 4) is 11.3 Å². The highest BCUT2D eigenvalue weighted by atomic mass is 15.3. The van der Waals surface area contributed by atoms with E-state index in [9.17, 15) is 0 Å². The number of rotatable bonds is 7. The maximum absolute atomic E-state index is 4.74. The molecular formula is C21H27N5. The van der Waals surface area contributed by atoms with Crippen LogP contribution in [0.2, 0.25) is 0 Å². The van der Waals surface area contributed by atoms with Gasteiger partial charge in [0.2, 0.25) is 0 Å². The van der Waals surface area contributed by atoms with Crippen LogP contribution in [0.15, 0.2) is 42.6 Å². The Morgan fingerprint density at radius 3 is 2.81 bits per heavy atom. The van der Waals surface area contributed by atoms with Gasteiger partial charge in [-0.05, 0) is 43.5 Å². The van der Waals surface area contributed by atoms with Crippen LogP contribution in [0, 0.1) is 0 Å². The number of nitrogens with one attached hydrogen (secondary N) is 2. The fourth-order valence-electron chi connectivity index (χ4n) is 3.61. The molecule has 0 radical (unpaired) electrons. The molecule has 0 bridgehead atoms. The Morgan fingerprint density at radius 1 is 1.15 bits per heavy atom. The SMILES string of the molecule is CCCCCNc1ccc2ncc(-c3ccc(C4CCCN4)cc3)n2n1. The number of unbranched alkanes of at least 4 members (excludes halogenated alkanes) is 2. The van der Waals surface area contributed by atoms with Crippen molar-refractivity contribution in [2.24, 2.45) is 0 Å². The lowest BCUT2D eigenvalue weighted by Crippen LogP contribution is -2.12. The molecule has 5 nitrogen and oxygen atoms in total. The van der Waals surface area contributed by atoms with Crippen molar-refractivity contribution in [1.29, 1.82) is 0 Å². The number of anilines is 1. The summed E-state index contributed by atoms with van der Waals surface area (Å²) in [6, 6.07) is 13.4. The van der Waals surface area contributed by atoms with Crippen molar-refractivity contribution >= 4 is 11.5 Å². The topological polar surface area (TPSA) is 54.2 Å². The molecule has 3 heterocycles. The first-order valence-corrected chi connectivity index (χ1v) is 9.77. The van der Waals surface area contributed by atoms with Crippen molar-refractivity contribution in [2.75, 3.05) is 18.4 Å². The number of imidazole rings is 1. The van der Waals surface area contributed by atoms with Crippen LogP contribution in [-0.4, -0.2) is 27.7 Å². The molecule has 1 aliphatic heterocycles. The molecule has 5 heteroatoms. The molecule has 26 heavy (non-hydrogen) atoms. The molecule has 1 aromatic carbocycles. The second-order valence-electron chi connectivity index (χ2n) is 7.04. The van der Waals surface area contributed by atoms with Gasteiger partial charge in [-0.1, -0.05) is 44.0 Å². The number of fused-ring (bicyclic) bond motifs is 1. The molecule has 1 unspecified atom stereocenters. The zero-order valence-electron chi connectivity index (χ0n) is 15.4. The zero-order chi connectivity index (χ0) is 17.8. The van der Waals surface area contributed by atoms with Crippen molar-refractivity contribution in [3.05, 3.63) is 48.2 Å². The number of hydrogen-bond donors (Lipinski definition) is 2. The Labute approximate surface area is 154 Å². The lowest BCUT2D eigenvalue weighted by atomic mass is 10.0. The summed E-state index contributed by atoms with van der Waals surface area (Å²) in [4.78, 5) is 4.51. The van der Waals surface area contributed by atoms with Gasteiger partial charge in [-0.15, -0.1) is 5.10 Å². The monoisotopic (exact) mass is 349 g/mol. The Kier molecular flexibility index (Phi) is 5.16. The molecule has 2 N–H and O–H groups in total. The Morgan fingerprint density at radius 2 is 2.04 bits per heavy atom. The number of nitrogens with zero attached hydrogens (tertiary/aromatic N) is 3. The minimum atomic E-state index is 0.503. The summed E-state index contributed by atoms with van der Waals surface area (Å²) in [6.07, 6.45) is 8.04. The molecule has 2 aromatic heterocycles. The van der Waals surface area contributed by atoms with Gasteiger partial charge < -0.3 is 10.6 Å². The van der Waals surface area contributed by atoms with Crippen molar-refractivity contribution in [2.45, 2.75) is 45.1 Å². The molecule has 3 aromatic rings. The van der Waals surface area contributed by atoms with Crippen LogP contribution in [0.25, 0.3) is 16.9 Å². The minimum Gasteiger partial charge on any atom is -0.369 e. The first kappa shape index (κ1) is 17.0. The summed E-state index contributed by atoms with van der Waals surface area (Å²) in [7, 11) is 0. The minimum absolute atomic E-state index is 0.503. The van der Waals surface area contributed by atoms with Crippen molar-refractivity contribution in [3.63, 3.8) is 0 Å². The third-order valence-corrected chi connectivity index (χ3v) is 5.12. The molecule has 0 saturated carbocycles. The standard InChI is InChI=1S/C21H27N5/c1-2-3-4-13-23-20-11-12-21-24-15-19(26(21)25-20)17-9-7-16(8-10-17)18-6-5-14-22-18/h7-12,15,18,22H,2-6,13-14H2,1H3,(H,23,25). The van der Waals surface area contributed by atoms with Gasteiger partial charge in [0, 0.05) is 18.2 Å². The molecule has 1 aliphatic rings. The summed E-state index contributed by atoms with van der Waals surface area (Å²) in [6.45, 7) is 4.30. The van der Waals surface area contributed by atoms with Crippen LogP contribution in [0.4, 0.5) is 5.82 Å². The molecule has 1 saturated heterocycles. The lowest BCUT2D eigenvalue weighted by molar-refractivity contribution is 0.648. The largest absolute Gasteiger partial charge is 0.369 e. The van der Waals surface area contributed by atoms with E-state index in [2.05, 4.69) is 46.8 Å². The summed E-state index contributed by atoms with van der Waals surface area (Å²) in [5, 5.41) is 11.7. The van der Waals surface area contributed by atoms with Crippen LogP contribution in [0.3, 0.4) is 0 Å². The van der Waals surface area contributed by atoms with Gasteiger partial charge in [-0.2, -0.15) is 0 Å². The van der Waals surface area contributed by atoms with E-state index in [-0.39, 0.29) is 0 Å². The van der Waals surface area contributed by atoms with Crippen LogP contribution >= 0.6 is 0 Å². The molecule has 0 spiro atoms. The third kappa shape index (κ3) is 3.58. The van der Waals surface area contributed by atoms with E-state index >= 15 is 0 Å². The van der Waals surface area contributed by atoms with Gasteiger partial charge in [-0.25, -0.2) is 9.50 Å². The molecule has 0 aliphatic carbocycles. The van der Waals surface area contributed by atoms with E-state index in [0.29, 0.717) is 6.04 Å². The van der Waals surface area contributed by atoms with Crippen molar-refractivity contribution in [1.82, 2.24) is 19.9 Å². The van der Waals surface area contributed by atoms with Gasteiger partial charge in [0.15, 0.2) is 5.65 Å². The highest BCUT2D eigenvalue weighted by Gasteiger charge is 2.16. The third-order valence-electron chi connectivity index (χ3n) is 5.12. The van der Waals surface area contributed by atoms with E-state index in [1.54, 1.807) is 0 Å². The highest BCUT2D eigenvalue weighted by molar-refractivity contribution is 5.64. The Bertz CT molecular complexity index is 846. The second-order valence-corrected chi connectivity index (χ2v) is 7.04. The molecule has 1 fully saturated rings. The summed E-state index contributed by atoms with van der Waals surface area (Å²) >= 11 is 0. The number of aromatic nitrogens is 3. The summed E-state index contributed by atoms with van der Waals surface area (Å²) in [5.41, 5.74) is 4.42. The maximum atomic E-state index is 4.74. The molecule has 4 rings (SSSR count). The average Bonchev–Trinajstić information content (AvgIpc) is 3.35. The first-order chi connectivity index (χ1) is 12.8.